The number of benzene rings is 2. The van der Waals surface area contributed by atoms with Crippen molar-refractivity contribution in [2.24, 2.45) is 0 Å². The fourth-order valence-electron chi connectivity index (χ4n) is 1.77. The van der Waals surface area contributed by atoms with E-state index in [1.165, 1.54) is 7.11 Å². The first-order chi connectivity index (χ1) is 9.20. The summed E-state index contributed by atoms with van der Waals surface area (Å²) in [5.41, 5.74) is 2.64. The first-order valence-corrected chi connectivity index (χ1v) is 6.22. The van der Waals surface area contributed by atoms with Crippen LogP contribution in [0.2, 0.25) is 5.02 Å². The Labute approximate surface area is 117 Å². The lowest BCUT2D eigenvalue weighted by atomic mass is 10.1. The van der Waals surface area contributed by atoms with E-state index in [0.717, 1.165) is 11.1 Å². The maximum atomic E-state index is 11.4. The Bertz CT molecular complexity index is 570. The highest BCUT2D eigenvalue weighted by Crippen LogP contribution is 2.30. The highest BCUT2D eigenvalue weighted by atomic mass is 35.5. The van der Waals surface area contributed by atoms with Crippen LogP contribution in [0.1, 0.15) is 0 Å². The summed E-state index contributed by atoms with van der Waals surface area (Å²) < 4.78 is 4.75. The molecule has 0 atom stereocenters. The molecule has 0 heterocycles. The minimum Gasteiger partial charge on any atom is -0.375 e. The molecule has 2 aromatic rings. The number of carbonyl (C=O) groups excluding carboxylic acids is 1. The fourth-order valence-corrected chi connectivity index (χ4v) is 2.06. The molecule has 0 bridgehead atoms. The Kier molecular flexibility index (Phi) is 4.55. The van der Waals surface area contributed by atoms with Crippen LogP contribution in [0, 0.1) is 0 Å². The van der Waals surface area contributed by atoms with Crippen molar-refractivity contribution in [3.63, 3.8) is 0 Å². The van der Waals surface area contributed by atoms with Crippen molar-refractivity contribution in [1.82, 2.24) is 0 Å². The standard InChI is InChI=1S/C15H14ClNO2/c1-19-10-15(18)17-12-7-8-13(14(16)9-12)11-5-3-2-4-6-11/h2-9H,10H2,1H3,(H,17,18). The molecule has 4 heteroatoms. The van der Waals surface area contributed by atoms with Crippen LogP contribution in [-0.4, -0.2) is 19.6 Å². The number of halogens is 1. The molecule has 0 aliphatic heterocycles. The molecule has 3 nitrogen and oxygen atoms in total. The summed E-state index contributed by atoms with van der Waals surface area (Å²) in [6.07, 6.45) is 0. The van der Waals surface area contributed by atoms with Gasteiger partial charge >= 0.3 is 0 Å². The molecule has 0 aliphatic carbocycles. The molecule has 0 radical (unpaired) electrons. The molecular formula is C15H14ClNO2. The van der Waals surface area contributed by atoms with E-state index in [-0.39, 0.29) is 12.5 Å². The van der Waals surface area contributed by atoms with Crippen LogP contribution in [-0.2, 0) is 9.53 Å². The number of carbonyl (C=O) groups is 1. The highest BCUT2D eigenvalue weighted by molar-refractivity contribution is 6.33. The van der Waals surface area contributed by atoms with Crippen molar-refractivity contribution in [2.45, 2.75) is 0 Å². The van der Waals surface area contributed by atoms with Gasteiger partial charge in [-0.1, -0.05) is 48.0 Å². The van der Waals surface area contributed by atoms with Gasteiger partial charge in [0.2, 0.25) is 5.91 Å². The Morgan fingerprint density at radius 3 is 2.58 bits per heavy atom. The van der Waals surface area contributed by atoms with Crippen molar-refractivity contribution in [2.75, 3.05) is 19.0 Å². The Balaban J connectivity index is 2.20. The first kappa shape index (κ1) is 13.6. The maximum Gasteiger partial charge on any atom is 0.250 e. The highest BCUT2D eigenvalue weighted by Gasteiger charge is 2.06. The summed E-state index contributed by atoms with van der Waals surface area (Å²) >= 11 is 6.24. The molecule has 1 amide bonds. The van der Waals surface area contributed by atoms with E-state index in [1.807, 2.05) is 42.5 Å². The van der Waals surface area contributed by atoms with Crippen LogP contribution in [0.5, 0.6) is 0 Å². The molecule has 0 saturated carbocycles. The molecular weight excluding hydrogens is 262 g/mol. The monoisotopic (exact) mass is 275 g/mol. The van der Waals surface area contributed by atoms with E-state index in [0.29, 0.717) is 10.7 Å². The van der Waals surface area contributed by atoms with E-state index in [1.54, 1.807) is 6.07 Å². The van der Waals surface area contributed by atoms with Crippen LogP contribution < -0.4 is 5.32 Å². The lowest BCUT2D eigenvalue weighted by molar-refractivity contribution is -0.119. The first-order valence-electron chi connectivity index (χ1n) is 5.84. The number of nitrogens with one attached hydrogen (secondary N) is 1. The summed E-state index contributed by atoms with van der Waals surface area (Å²) in [6.45, 7) is 0.0258. The van der Waals surface area contributed by atoms with Gasteiger partial charge in [-0.3, -0.25) is 4.79 Å². The van der Waals surface area contributed by atoms with Gasteiger partial charge in [0, 0.05) is 18.4 Å². The SMILES string of the molecule is COCC(=O)Nc1ccc(-c2ccccc2)c(Cl)c1. The number of hydrogen-bond donors (Lipinski definition) is 1. The van der Waals surface area contributed by atoms with E-state index in [9.17, 15) is 4.79 Å². The van der Waals surface area contributed by atoms with Gasteiger partial charge in [0.05, 0.1) is 5.02 Å². The number of rotatable bonds is 4. The third-order valence-electron chi connectivity index (χ3n) is 2.61. The van der Waals surface area contributed by atoms with Gasteiger partial charge in [-0.05, 0) is 17.7 Å². The quantitative estimate of drug-likeness (QED) is 0.926. The van der Waals surface area contributed by atoms with Crippen molar-refractivity contribution < 1.29 is 9.53 Å². The second-order valence-electron chi connectivity index (χ2n) is 4.04. The Morgan fingerprint density at radius 1 is 1.21 bits per heavy atom. The smallest absolute Gasteiger partial charge is 0.250 e. The van der Waals surface area contributed by atoms with Crippen LogP contribution in [0.25, 0.3) is 11.1 Å². The van der Waals surface area contributed by atoms with Gasteiger partial charge < -0.3 is 10.1 Å². The number of hydrogen-bond acceptors (Lipinski definition) is 2. The van der Waals surface area contributed by atoms with Crippen molar-refractivity contribution in [3.8, 4) is 11.1 Å². The second-order valence-corrected chi connectivity index (χ2v) is 4.45. The van der Waals surface area contributed by atoms with Gasteiger partial charge in [-0.25, -0.2) is 0 Å². The Morgan fingerprint density at radius 2 is 1.95 bits per heavy atom. The van der Waals surface area contributed by atoms with E-state index < -0.39 is 0 Å². The van der Waals surface area contributed by atoms with Crippen LogP contribution >= 0.6 is 11.6 Å². The van der Waals surface area contributed by atoms with Crippen LogP contribution in [0.3, 0.4) is 0 Å². The lowest BCUT2D eigenvalue weighted by Gasteiger charge is -2.08. The summed E-state index contributed by atoms with van der Waals surface area (Å²) in [5, 5.41) is 3.31. The average Bonchev–Trinajstić information content (AvgIpc) is 2.40. The lowest BCUT2D eigenvalue weighted by Crippen LogP contribution is -2.16. The molecule has 98 valence electrons. The molecule has 0 aromatic heterocycles. The molecule has 1 N–H and O–H groups in total. The van der Waals surface area contributed by atoms with Crippen LogP contribution in [0.15, 0.2) is 48.5 Å². The number of ether oxygens (including phenoxy) is 1. The molecule has 0 spiro atoms. The zero-order chi connectivity index (χ0) is 13.7. The summed E-state index contributed by atoms with van der Waals surface area (Å²) in [5.74, 6) is -0.203. The fraction of sp³-hybridized carbons (Fsp3) is 0.133. The van der Waals surface area contributed by atoms with Gasteiger partial charge in [0.1, 0.15) is 6.61 Å². The average molecular weight is 276 g/mol. The van der Waals surface area contributed by atoms with Crippen LogP contribution in [0.4, 0.5) is 5.69 Å². The number of anilines is 1. The van der Waals surface area contributed by atoms with Gasteiger partial charge in [0.25, 0.3) is 0 Å². The zero-order valence-corrected chi connectivity index (χ0v) is 11.3. The molecule has 19 heavy (non-hydrogen) atoms. The molecule has 0 unspecified atom stereocenters. The third-order valence-corrected chi connectivity index (χ3v) is 2.93. The predicted molar refractivity (Wildman–Crippen MR) is 77.4 cm³/mol. The zero-order valence-electron chi connectivity index (χ0n) is 10.5. The van der Waals surface area contributed by atoms with E-state index in [2.05, 4.69) is 5.32 Å². The van der Waals surface area contributed by atoms with Gasteiger partial charge in [-0.15, -0.1) is 0 Å². The third kappa shape index (κ3) is 3.56. The van der Waals surface area contributed by atoms with Crippen molar-refractivity contribution >= 4 is 23.2 Å². The topological polar surface area (TPSA) is 38.3 Å². The Hall–Kier alpha value is -1.84. The van der Waals surface area contributed by atoms with E-state index in [4.69, 9.17) is 16.3 Å². The maximum absolute atomic E-state index is 11.4. The molecule has 2 rings (SSSR count). The van der Waals surface area contributed by atoms with Crippen molar-refractivity contribution in [1.29, 1.82) is 0 Å². The second kappa shape index (κ2) is 6.36. The van der Waals surface area contributed by atoms with Crippen molar-refractivity contribution in [3.05, 3.63) is 53.6 Å². The van der Waals surface area contributed by atoms with Gasteiger partial charge in [-0.2, -0.15) is 0 Å². The predicted octanol–water partition coefficient (Wildman–Crippen LogP) is 3.59. The minimum absolute atomic E-state index is 0.0258. The summed E-state index contributed by atoms with van der Waals surface area (Å²) in [6, 6.07) is 15.3. The molecule has 2 aromatic carbocycles. The minimum atomic E-state index is -0.203. The summed E-state index contributed by atoms with van der Waals surface area (Å²) in [4.78, 5) is 11.4. The summed E-state index contributed by atoms with van der Waals surface area (Å²) in [7, 11) is 1.48. The van der Waals surface area contributed by atoms with Gasteiger partial charge in [0.15, 0.2) is 0 Å². The molecule has 0 aliphatic rings. The molecule has 0 saturated heterocycles. The molecule has 0 fully saturated rings. The number of amides is 1. The van der Waals surface area contributed by atoms with E-state index >= 15 is 0 Å². The normalized spacial score (nSPS) is 10.2. The number of methoxy groups -OCH3 is 1. The largest absolute Gasteiger partial charge is 0.375 e.